The van der Waals surface area contributed by atoms with Gasteiger partial charge in [-0.05, 0) is 99.9 Å². The van der Waals surface area contributed by atoms with Gasteiger partial charge in [-0.3, -0.25) is 19.3 Å². The third-order valence-corrected chi connectivity index (χ3v) is 12.2. The fraction of sp³-hybridized carbons (Fsp3) is 0.354. The molecule has 0 spiro atoms. The minimum Gasteiger partial charge on any atom is -0.457 e. The summed E-state index contributed by atoms with van der Waals surface area (Å²) in [4.78, 5) is 67.1. The van der Waals surface area contributed by atoms with Crippen molar-refractivity contribution in [3.05, 3.63) is 136 Å². The molecule has 2 aliphatic rings. The van der Waals surface area contributed by atoms with Gasteiger partial charge in [-0.1, -0.05) is 71.7 Å². The Balaban J connectivity index is 0.00000700. The number of carbonyl (C=O) groups excluding carboxylic acids is 4. The van der Waals surface area contributed by atoms with Gasteiger partial charge in [0.25, 0.3) is 5.91 Å². The lowest BCUT2D eigenvalue weighted by atomic mass is 9.82. The van der Waals surface area contributed by atoms with Crippen LogP contribution in [0.25, 0.3) is 11.3 Å². The van der Waals surface area contributed by atoms with Gasteiger partial charge in [-0.2, -0.15) is 0 Å². The number of fused-ring (bicyclic) bond motifs is 2. The quantitative estimate of drug-likeness (QED) is 0.122. The molecule has 0 radical (unpaired) electrons. The van der Waals surface area contributed by atoms with Gasteiger partial charge in [-0.15, -0.1) is 12.4 Å². The lowest BCUT2D eigenvalue weighted by Gasteiger charge is -2.45. The molecule has 344 valence electrons. The maximum Gasteiger partial charge on any atom is 0.411 e. The van der Waals surface area contributed by atoms with E-state index in [1.807, 2.05) is 104 Å². The summed E-state index contributed by atoms with van der Waals surface area (Å²) >= 11 is 12.7. The number of halogens is 3. The maximum atomic E-state index is 14.7. The van der Waals surface area contributed by atoms with Crippen LogP contribution >= 0.6 is 35.6 Å². The predicted molar refractivity (Wildman–Crippen MR) is 251 cm³/mol. The van der Waals surface area contributed by atoms with Crippen molar-refractivity contribution in [2.45, 2.75) is 69.4 Å². The zero-order chi connectivity index (χ0) is 45.5. The van der Waals surface area contributed by atoms with Gasteiger partial charge in [0.15, 0.2) is 6.10 Å². The van der Waals surface area contributed by atoms with E-state index >= 15 is 0 Å². The predicted octanol–water partition coefficient (Wildman–Crippen LogP) is 6.82. The molecule has 3 heterocycles. The van der Waals surface area contributed by atoms with Gasteiger partial charge in [0.2, 0.25) is 11.8 Å². The van der Waals surface area contributed by atoms with Crippen LogP contribution in [0.3, 0.4) is 0 Å². The summed E-state index contributed by atoms with van der Waals surface area (Å²) in [6, 6.07) is 26.2. The molecule has 3 N–H and O–H groups in total. The van der Waals surface area contributed by atoms with Crippen molar-refractivity contribution in [1.29, 1.82) is 0 Å². The van der Waals surface area contributed by atoms with E-state index in [-0.39, 0.29) is 31.9 Å². The number of amides is 4. The molecule has 1 aromatic heterocycles. The van der Waals surface area contributed by atoms with Crippen LogP contribution in [-0.4, -0.2) is 111 Å². The zero-order valence-corrected chi connectivity index (χ0v) is 39.0. The summed E-state index contributed by atoms with van der Waals surface area (Å²) in [5.74, 6) is -0.0986. The summed E-state index contributed by atoms with van der Waals surface area (Å²) in [7, 11) is 5.95. The Morgan fingerprint density at radius 1 is 0.923 bits per heavy atom. The molecule has 4 atom stereocenters. The number of benzene rings is 4. The van der Waals surface area contributed by atoms with Gasteiger partial charge in [0.05, 0.1) is 37.1 Å². The Labute approximate surface area is 395 Å². The SMILES string of the molecule is CC1C(=O)NC(CO)C(=O)NC2(Cc3ccc(Cl)cc3)CCCN(C2)C(=O)C(Cc2ccccc2)OC(=O)N1Cc1ccc(Cl)cc1Oc1ccc(-c2cnc(CN(C)C)n2C)cc1.Cl. The second-order valence-electron chi connectivity index (χ2n) is 16.8. The van der Waals surface area contributed by atoms with Crippen LogP contribution in [0.5, 0.6) is 11.5 Å². The van der Waals surface area contributed by atoms with E-state index in [0.29, 0.717) is 59.5 Å². The smallest absolute Gasteiger partial charge is 0.411 e. The van der Waals surface area contributed by atoms with E-state index < -0.39 is 54.1 Å². The number of carbonyl (C=O) groups is 4. The van der Waals surface area contributed by atoms with E-state index in [1.54, 1.807) is 35.2 Å². The van der Waals surface area contributed by atoms with Crippen LogP contribution in [0.4, 0.5) is 4.79 Å². The summed E-state index contributed by atoms with van der Waals surface area (Å²) in [6.07, 6.45) is 1.00. The van der Waals surface area contributed by atoms with Crippen molar-refractivity contribution in [2.24, 2.45) is 7.05 Å². The van der Waals surface area contributed by atoms with Gasteiger partial charge in [-0.25, -0.2) is 9.78 Å². The average molecular weight is 947 g/mol. The molecule has 0 aliphatic carbocycles. The number of nitrogens with zero attached hydrogens (tertiary/aromatic N) is 5. The first kappa shape index (κ1) is 48.8. The molecule has 2 saturated heterocycles. The Morgan fingerprint density at radius 2 is 1.63 bits per heavy atom. The number of hydrogen-bond acceptors (Lipinski definition) is 9. The number of cyclic esters (lactones) is 1. The molecule has 14 nitrogen and oxygen atoms in total. The largest absolute Gasteiger partial charge is 0.457 e. The molecule has 2 fully saturated rings. The fourth-order valence-electron chi connectivity index (χ4n) is 8.24. The second kappa shape index (κ2) is 21.6. The normalized spacial score (nSPS) is 20.6. The molecule has 4 unspecified atom stereocenters. The van der Waals surface area contributed by atoms with Crippen LogP contribution in [0, 0.1) is 0 Å². The number of rotatable bonds is 12. The summed E-state index contributed by atoms with van der Waals surface area (Å²) in [5, 5.41) is 17.2. The van der Waals surface area contributed by atoms with Gasteiger partial charge in [0.1, 0.15) is 29.4 Å². The number of imidazole rings is 1. The van der Waals surface area contributed by atoms with Crippen LogP contribution in [0.15, 0.2) is 103 Å². The first-order chi connectivity index (χ1) is 30.7. The molecule has 0 saturated carbocycles. The lowest BCUT2D eigenvalue weighted by molar-refractivity contribution is -0.145. The maximum absolute atomic E-state index is 14.7. The molecule has 2 aliphatic heterocycles. The van der Waals surface area contributed by atoms with E-state index in [1.165, 1.54) is 11.8 Å². The molecule has 4 aromatic carbocycles. The molecule has 2 bridgehead atoms. The van der Waals surface area contributed by atoms with Crippen LogP contribution in [0.1, 0.15) is 42.3 Å². The molecule has 65 heavy (non-hydrogen) atoms. The van der Waals surface area contributed by atoms with Crippen LogP contribution < -0.4 is 15.4 Å². The van der Waals surface area contributed by atoms with Gasteiger partial charge < -0.3 is 39.6 Å². The third-order valence-electron chi connectivity index (χ3n) is 11.7. The van der Waals surface area contributed by atoms with Crippen molar-refractivity contribution < 1.29 is 33.8 Å². The lowest BCUT2D eigenvalue weighted by Crippen LogP contribution is -2.66. The number of aliphatic hydroxyl groups is 1. The third kappa shape index (κ3) is 12.0. The van der Waals surface area contributed by atoms with E-state index in [4.69, 9.17) is 32.7 Å². The van der Waals surface area contributed by atoms with Crippen LogP contribution in [-0.2, 0) is 52.1 Å². The van der Waals surface area contributed by atoms with Gasteiger partial charge >= 0.3 is 6.09 Å². The second-order valence-corrected chi connectivity index (χ2v) is 17.7. The highest BCUT2D eigenvalue weighted by atomic mass is 35.5. The monoisotopic (exact) mass is 945 g/mol. The summed E-state index contributed by atoms with van der Waals surface area (Å²) in [6.45, 7) is 1.66. The number of piperidine rings is 1. The van der Waals surface area contributed by atoms with E-state index in [0.717, 1.165) is 28.2 Å². The van der Waals surface area contributed by atoms with Gasteiger partial charge in [0, 0.05) is 47.7 Å². The van der Waals surface area contributed by atoms with Crippen molar-refractivity contribution in [3.8, 4) is 22.8 Å². The zero-order valence-electron chi connectivity index (χ0n) is 36.7. The first-order valence-electron chi connectivity index (χ1n) is 21.2. The van der Waals surface area contributed by atoms with E-state index in [2.05, 4.69) is 15.6 Å². The van der Waals surface area contributed by atoms with Crippen molar-refractivity contribution in [1.82, 2.24) is 34.9 Å². The van der Waals surface area contributed by atoms with Crippen LogP contribution in [0.2, 0.25) is 10.0 Å². The van der Waals surface area contributed by atoms with Crippen molar-refractivity contribution in [2.75, 3.05) is 33.8 Å². The average Bonchev–Trinajstić information content (AvgIpc) is 3.63. The molecule has 5 aromatic rings. The Bertz CT molecular complexity index is 2450. The Kier molecular flexibility index (Phi) is 16.2. The van der Waals surface area contributed by atoms with Crippen molar-refractivity contribution >= 4 is 59.4 Å². The molecular formula is C48H54Cl3N7O7. The number of hydrogen-bond donors (Lipinski definition) is 3. The number of nitrogens with one attached hydrogen (secondary N) is 2. The molecule has 17 heteroatoms. The number of aliphatic hydroxyl groups excluding tert-OH is 1. The molecule has 7 rings (SSSR count). The fourth-order valence-corrected chi connectivity index (χ4v) is 8.53. The number of aromatic nitrogens is 2. The molecule has 4 amide bonds. The number of ether oxygens (including phenoxy) is 2. The topological polar surface area (TPSA) is 159 Å². The molecular weight excluding hydrogens is 893 g/mol. The first-order valence-corrected chi connectivity index (χ1v) is 22.0. The Hall–Kier alpha value is -5.64. The van der Waals surface area contributed by atoms with E-state index in [9.17, 15) is 24.3 Å². The Morgan fingerprint density at radius 3 is 2.32 bits per heavy atom. The summed E-state index contributed by atoms with van der Waals surface area (Å²) in [5.41, 5.74) is 2.96. The summed E-state index contributed by atoms with van der Waals surface area (Å²) < 4.78 is 14.6. The standard InChI is InChI=1S/C48H53Cl2N7O7.ClH/c1-31-44(59)52-39(29-58)45(60)53-48(25-33-11-16-36(49)17-12-33)21-8-22-56(30-48)46(61)42(23-32-9-6-5-7-10-32)64-47(62)57(31)27-35-13-18-37(50)24-41(35)63-38-19-14-34(15-20-38)40-26-51-43(55(40)4)28-54(2)3;/h5-7,9-20,24,26,31,39,42,58H,8,21-23,25,27-30H2,1-4H3,(H,52,59)(H,53,60);1H. The highest BCUT2D eigenvalue weighted by molar-refractivity contribution is 6.31. The highest BCUT2D eigenvalue weighted by Crippen LogP contribution is 2.33. The highest BCUT2D eigenvalue weighted by Gasteiger charge is 2.43. The minimum absolute atomic E-state index is 0. The minimum atomic E-state index is -1.38. The van der Waals surface area contributed by atoms with Crippen molar-refractivity contribution in [3.63, 3.8) is 0 Å².